The van der Waals surface area contributed by atoms with Gasteiger partial charge in [-0.15, -0.1) is 0 Å². The Kier molecular flexibility index (Phi) is 5.83. The predicted molar refractivity (Wildman–Crippen MR) is 96.4 cm³/mol. The number of ether oxygens (including phenoxy) is 1. The molecule has 6 nitrogen and oxygen atoms in total. The normalized spacial score (nSPS) is 15.3. The number of morpholine rings is 1. The fourth-order valence-electron chi connectivity index (χ4n) is 3.06. The highest BCUT2D eigenvalue weighted by Crippen LogP contribution is 2.10. The van der Waals surface area contributed by atoms with Crippen molar-refractivity contribution in [2.45, 2.75) is 26.9 Å². The topological polar surface area (TPSA) is 59.4 Å². The molecule has 2 aromatic rings. The third-order valence-corrected chi connectivity index (χ3v) is 4.39. The number of amides is 1. The summed E-state index contributed by atoms with van der Waals surface area (Å²) in [7, 11) is 0. The SMILES string of the molecule is Cc1cc(C)n(Cc2cccc(CNC(=O)CN3CCOCC3)c2)n1. The molecule has 0 aliphatic carbocycles. The number of rotatable bonds is 6. The Bertz CT molecular complexity index is 720. The van der Waals surface area contributed by atoms with Crippen LogP contribution in [-0.4, -0.2) is 53.4 Å². The molecule has 1 aliphatic rings. The average molecular weight is 342 g/mol. The minimum atomic E-state index is 0.0610. The van der Waals surface area contributed by atoms with Gasteiger partial charge in [-0.1, -0.05) is 24.3 Å². The van der Waals surface area contributed by atoms with Crippen LogP contribution >= 0.6 is 0 Å². The van der Waals surface area contributed by atoms with Crippen LogP contribution in [0.25, 0.3) is 0 Å². The van der Waals surface area contributed by atoms with E-state index in [4.69, 9.17) is 4.74 Å². The van der Waals surface area contributed by atoms with E-state index in [2.05, 4.69) is 40.4 Å². The third-order valence-electron chi connectivity index (χ3n) is 4.39. The van der Waals surface area contributed by atoms with Crippen LogP contribution in [0.5, 0.6) is 0 Å². The first-order valence-electron chi connectivity index (χ1n) is 8.76. The van der Waals surface area contributed by atoms with E-state index in [1.165, 1.54) is 5.56 Å². The molecule has 0 spiro atoms. The van der Waals surface area contributed by atoms with E-state index in [0.717, 1.165) is 36.6 Å². The van der Waals surface area contributed by atoms with Crippen molar-refractivity contribution >= 4 is 5.91 Å². The Morgan fingerprint density at radius 3 is 2.68 bits per heavy atom. The minimum absolute atomic E-state index is 0.0610. The Morgan fingerprint density at radius 1 is 1.20 bits per heavy atom. The van der Waals surface area contributed by atoms with Crippen molar-refractivity contribution in [3.8, 4) is 0 Å². The van der Waals surface area contributed by atoms with Crippen molar-refractivity contribution < 1.29 is 9.53 Å². The van der Waals surface area contributed by atoms with Crippen LogP contribution in [0, 0.1) is 13.8 Å². The van der Waals surface area contributed by atoms with E-state index in [1.807, 2.05) is 23.7 Å². The summed E-state index contributed by atoms with van der Waals surface area (Å²) in [5.74, 6) is 0.0610. The van der Waals surface area contributed by atoms with Gasteiger partial charge in [0.05, 0.1) is 32.0 Å². The summed E-state index contributed by atoms with van der Waals surface area (Å²) >= 11 is 0. The van der Waals surface area contributed by atoms with E-state index in [9.17, 15) is 4.79 Å². The van der Waals surface area contributed by atoms with Crippen molar-refractivity contribution in [3.05, 3.63) is 52.8 Å². The number of aryl methyl sites for hydroxylation is 2. The molecule has 6 heteroatoms. The molecule has 1 aliphatic heterocycles. The smallest absolute Gasteiger partial charge is 0.234 e. The average Bonchev–Trinajstić information content (AvgIpc) is 2.91. The fraction of sp³-hybridized carbons (Fsp3) is 0.474. The molecule has 1 saturated heterocycles. The van der Waals surface area contributed by atoms with Gasteiger partial charge in [-0.25, -0.2) is 0 Å². The molecular weight excluding hydrogens is 316 g/mol. The fourth-order valence-corrected chi connectivity index (χ4v) is 3.06. The Balaban J connectivity index is 1.52. The lowest BCUT2D eigenvalue weighted by atomic mass is 10.1. The molecule has 1 N–H and O–H groups in total. The number of benzene rings is 1. The summed E-state index contributed by atoms with van der Waals surface area (Å²) in [6, 6.07) is 10.4. The van der Waals surface area contributed by atoms with Gasteiger partial charge in [0.2, 0.25) is 5.91 Å². The second-order valence-electron chi connectivity index (χ2n) is 6.57. The Hall–Kier alpha value is -2.18. The van der Waals surface area contributed by atoms with Gasteiger partial charge < -0.3 is 10.1 Å². The molecule has 0 atom stereocenters. The first kappa shape index (κ1) is 17.6. The summed E-state index contributed by atoms with van der Waals surface area (Å²) in [6.07, 6.45) is 0. The summed E-state index contributed by atoms with van der Waals surface area (Å²) in [4.78, 5) is 14.2. The second-order valence-corrected chi connectivity index (χ2v) is 6.57. The van der Waals surface area contributed by atoms with E-state index < -0.39 is 0 Å². The number of carbonyl (C=O) groups excluding carboxylic acids is 1. The quantitative estimate of drug-likeness (QED) is 0.864. The van der Waals surface area contributed by atoms with Gasteiger partial charge in [-0.05, 0) is 31.0 Å². The highest BCUT2D eigenvalue weighted by molar-refractivity contribution is 5.78. The van der Waals surface area contributed by atoms with Gasteiger partial charge in [0.25, 0.3) is 0 Å². The van der Waals surface area contributed by atoms with Crippen LogP contribution in [0.2, 0.25) is 0 Å². The van der Waals surface area contributed by atoms with Crippen molar-refractivity contribution in [1.29, 1.82) is 0 Å². The number of hydrogen-bond acceptors (Lipinski definition) is 4. The van der Waals surface area contributed by atoms with Crippen molar-refractivity contribution in [2.24, 2.45) is 0 Å². The zero-order chi connectivity index (χ0) is 17.6. The zero-order valence-electron chi connectivity index (χ0n) is 15.0. The van der Waals surface area contributed by atoms with Gasteiger partial charge in [0, 0.05) is 25.3 Å². The highest BCUT2D eigenvalue weighted by atomic mass is 16.5. The molecule has 3 rings (SSSR count). The lowest BCUT2D eigenvalue weighted by Crippen LogP contribution is -2.43. The zero-order valence-corrected chi connectivity index (χ0v) is 15.0. The van der Waals surface area contributed by atoms with Gasteiger partial charge in [0.1, 0.15) is 0 Å². The summed E-state index contributed by atoms with van der Waals surface area (Å²) in [5, 5.41) is 7.51. The number of nitrogens with zero attached hydrogens (tertiary/aromatic N) is 3. The van der Waals surface area contributed by atoms with Gasteiger partial charge in [0.15, 0.2) is 0 Å². The van der Waals surface area contributed by atoms with Crippen molar-refractivity contribution in [2.75, 3.05) is 32.8 Å². The summed E-state index contributed by atoms with van der Waals surface area (Å²) < 4.78 is 7.31. The molecular formula is C19H26N4O2. The first-order valence-corrected chi connectivity index (χ1v) is 8.76. The number of aromatic nitrogens is 2. The van der Waals surface area contributed by atoms with Crippen molar-refractivity contribution in [3.63, 3.8) is 0 Å². The predicted octanol–water partition coefficient (Wildman–Crippen LogP) is 1.50. The molecule has 134 valence electrons. The van der Waals surface area contributed by atoms with Crippen LogP contribution in [0.3, 0.4) is 0 Å². The molecule has 1 amide bonds. The van der Waals surface area contributed by atoms with E-state index >= 15 is 0 Å². The molecule has 1 aromatic heterocycles. The number of nitrogens with one attached hydrogen (secondary N) is 1. The second kappa shape index (κ2) is 8.27. The van der Waals surface area contributed by atoms with Crippen LogP contribution in [-0.2, 0) is 22.6 Å². The highest BCUT2D eigenvalue weighted by Gasteiger charge is 2.13. The maximum absolute atomic E-state index is 12.1. The van der Waals surface area contributed by atoms with E-state index in [0.29, 0.717) is 26.3 Å². The molecule has 25 heavy (non-hydrogen) atoms. The maximum atomic E-state index is 12.1. The molecule has 0 bridgehead atoms. The lowest BCUT2D eigenvalue weighted by Gasteiger charge is -2.25. The lowest BCUT2D eigenvalue weighted by molar-refractivity contribution is -0.123. The molecule has 0 saturated carbocycles. The standard InChI is InChI=1S/C19H26N4O2/c1-15-10-16(2)23(21-15)13-18-5-3-4-17(11-18)12-20-19(24)14-22-6-8-25-9-7-22/h3-5,10-11H,6-9,12-14H2,1-2H3,(H,20,24). The molecule has 1 fully saturated rings. The number of carbonyl (C=O) groups is 1. The largest absolute Gasteiger partial charge is 0.379 e. The Morgan fingerprint density at radius 2 is 1.96 bits per heavy atom. The molecule has 2 heterocycles. The van der Waals surface area contributed by atoms with Gasteiger partial charge in [-0.3, -0.25) is 14.4 Å². The van der Waals surface area contributed by atoms with Crippen molar-refractivity contribution in [1.82, 2.24) is 20.0 Å². The summed E-state index contributed by atoms with van der Waals surface area (Å²) in [6.45, 7) is 8.87. The molecule has 1 aromatic carbocycles. The van der Waals surface area contributed by atoms with Gasteiger partial charge in [-0.2, -0.15) is 5.10 Å². The van der Waals surface area contributed by atoms with E-state index in [-0.39, 0.29) is 5.91 Å². The van der Waals surface area contributed by atoms with E-state index in [1.54, 1.807) is 0 Å². The Labute approximate surface area is 148 Å². The number of hydrogen-bond donors (Lipinski definition) is 1. The summed E-state index contributed by atoms with van der Waals surface area (Å²) in [5.41, 5.74) is 4.48. The van der Waals surface area contributed by atoms with Crippen LogP contribution in [0.1, 0.15) is 22.5 Å². The van der Waals surface area contributed by atoms with Crippen LogP contribution in [0.4, 0.5) is 0 Å². The molecule has 0 unspecified atom stereocenters. The first-order chi connectivity index (χ1) is 12.1. The maximum Gasteiger partial charge on any atom is 0.234 e. The van der Waals surface area contributed by atoms with Crippen LogP contribution in [0.15, 0.2) is 30.3 Å². The third kappa shape index (κ3) is 5.14. The van der Waals surface area contributed by atoms with Gasteiger partial charge >= 0.3 is 0 Å². The van der Waals surface area contributed by atoms with Crippen LogP contribution < -0.4 is 5.32 Å². The monoisotopic (exact) mass is 342 g/mol. The minimum Gasteiger partial charge on any atom is -0.379 e. The molecule has 0 radical (unpaired) electrons.